The molecule has 0 spiro atoms. The lowest BCUT2D eigenvalue weighted by Gasteiger charge is -2.42. The zero-order valence-electron chi connectivity index (χ0n) is 31.7. The summed E-state index contributed by atoms with van der Waals surface area (Å²) in [4.78, 5) is 24.5. The lowest BCUT2D eigenvalue weighted by Crippen LogP contribution is -2.39. The minimum atomic E-state index is -0.955. The highest BCUT2D eigenvalue weighted by Crippen LogP contribution is 2.48. The van der Waals surface area contributed by atoms with Gasteiger partial charge in [0.05, 0.1) is 51.0 Å². The van der Waals surface area contributed by atoms with Crippen LogP contribution in [0.25, 0.3) is 0 Å². The second-order valence-electron chi connectivity index (χ2n) is 14.8. The van der Waals surface area contributed by atoms with Crippen molar-refractivity contribution >= 4 is 11.9 Å². The molecule has 0 saturated heterocycles. The zero-order chi connectivity index (χ0) is 38.3. The Morgan fingerprint density at radius 2 is 1.04 bits per heavy atom. The third kappa shape index (κ3) is 12.4. The van der Waals surface area contributed by atoms with Gasteiger partial charge in [0.25, 0.3) is 0 Å². The van der Waals surface area contributed by atoms with E-state index in [-0.39, 0.29) is 38.2 Å². The summed E-state index contributed by atoms with van der Waals surface area (Å²) in [5.41, 5.74) is 1.18. The molecule has 6 N–H and O–H groups in total. The van der Waals surface area contributed by atoms with E-state index in [1.807, 2.05) is 62.4 Å². The maximum Gasteiger partial charge on any atom is 0.311 e. The van der Waals surface area contributed by atoms with Crippen LogP contribution in [0.4, 0.5) is 0 Å². The van der Waals surface area contributed by atoms with E-state index in [0.717, 1.165) is 30.4 Å². The van der Waals surface area contributed by atoms with E-state index in [4.69, 9.17) is 14.6 Å². The molecule has 6 atom stereocenters. The number of carbonyl (C=O) groups is 2. The third-order valence-electron chi connectivity index (χ3n) is 9.99. The van der Waals surface area contributed by atoms with E-state index < -0.39 is 34.6 Å². The van der Waals surface area contributed by atoms with Crippen molar-refractivity contribution in [2.24, 2.45) is 22.7 Å². The molecule has 50 heavy (non-hydrogen) atoms. The number of hydrogen-bond donors (Lipinski definition) is 6. The minimum absolute atomic E-state index is 0.237. The van der Waals surface area contributed by atoms with Crippen molar-refractivity contribution in [2.75, 3.05) is 34.0 Å². The summed E-state index contributed by atoms with van der Waals surface area (Å²) in [6, 6.07) is 15.1. The van der Waals surface area contributed by atoms with Crippen LogP contribution in [0.15, 0.2) is 48.5 Å². The van der Waals surface area contributed by atoms with Gasteiger partial charge < -0.3 is 40.1 Å². The van der Waals surface area contributed by atoms with Crippen molar-refractivity contribution < 1.29 is 49.7 Å². The summed E-state index contributed by atoms with van der Waals surface area (Å²) in [7, 11) is 2.75. The topological polar surface area (TPSA) is 174 Å². The second kappa shape index (κ2) is 20.9. The predicted octanol–water partition coefficient (Wildman–Crippen LogP) is 5.39. The number of ether oxygens (including phenoxy) is 2. The Kier molecular flexibility index (Phi) is 18.8. The van der Waals surface area contributed by atoms with Crippen LogP contribution < -0.4 is 0 Å². The Labute approximate surface area is 299 Å². The van der Waals surface area contributed by atoms with Crippen LogP contribution in [-0.4, -0.2) is 82.7 Å². The molecule has 0 heterocycles. The van der Waals surface area contributed by atoms with Gasteiger partial charge in [-0.05, 0) is 80.5 Å². The standard InChI is InChI=1S/C28H40O6.C12H24O4/c1-6-19(2)15-28(18-27(3,4)26(33)34-5,22-11-7-20(8-12-22)24(31)16-29)23-13-9-21(10-14-23)25(32)17-30;1-5-9(2)6-12(3,11(15)16-4)7-10(14)8-13/h7-14,19,24-25,29-32H,6,15-18H2,1-5H3;9-10,13-14H,5-8H2,1-4H3. The van der Waals surface area contributed by atoms with Gasteiger partial charge in [-0.1, -0.05) is 89.1 Å². The van der Waals surface area contributed by atoms with Crippen LogP contribution in [0.5, 0.6) is 0 Å². The fraction of sp³-hybridized carbons (Fsp3) is 0.650. The molecule has 2 aromatic carbocycles. The predicted molar refractivity (Wildman–Crippen MR) is 194 cm³/mol. The third-order valence-corrected chi connectivity index (χ3v) is 9.99. The Morgan fingerprint density at radius 1 is 0.640 bits per heavy atom. The summed E-state index contributed by atoms with van der Waals surface area (Å²) in [5.74, 6) is 0.120. The van der Waals surface area contributed by atoms with Gasteiger partial charge >= 0.3 is 11.9 Å². The van der Waals surface area contributed by atoms with Crippen molar-refractivity contribution in [1.29, 1.82) is 0 Å². The quantitative estimate of drug-likeness (QED) is 0.104. The van der Waals surface area contributed by atoms with Gasteiger partial charge in [-0.15, -0.1) is 0 Å². The van der Waals surface area contributed by atoms with Crippen molar-refractivity contribution in [3.63, 3.8) is 0 Å². The molecule has 284 valence electrons. The SMILES string of the molecule is CCC(C)CC(C)(CC(O)CO)C(=O)OC.CCC(C)CC(CC(C)(C)C(=O)OC)(c1ccc(C(O)CO)cc1)c1ccc(C(O)CO)cc1. The van der Waals surface area contributed by atoms with Gasteiger partial charge in [-0.3, -0.25) is 9.59 Å². The monoisotopic (exact) mass is 704 g/mol. The average molecular weight is 705 g/mol. The number of aliphatic hydroxyl groups excluding tert-OH is 6. The lowest BCUT2D eigenvalue weighted by molar-refractivity contribution is -0.155. The highest BCUT2D eigenvalue weighted by atomic mass is 16.5. The van der Waals surface area contributed by atoms with Gasteiger partial charge in [0, 0.05) is 5.41 Å². The first-order valence-corrected chi connectivity index (χ1v) is 17.7. The molecule has 0 aliphatic heterocycles. The van der Waals surface area contributed by atoms with Crippen LogP contribution in [-0.2, 0) is 24.5 Å². The molecule has 10 nitrogen and oxygen atoms in total. The molecule has 10 heteroatoms. The molecule has 0 aromatic heterocycles. The fourth-order valence-corrected chi connectivity index (χ4v) is 6.77. The Balaban J connectivity index is 0.000000657. The summed E-state index contributed by atoms with van der Waals surface area (Å²) in [6.07, 6.45) is 1.31. The highest BCUT2D eigenvalue weighted by molar-refractivity contribution is 5.76. The minimum Gasteiger partial charge on any atom is -0.469 e. The van der Waals surface area contributed by atoms with Crippen molar-refractivity contribution in [2.45, 2.75) is 111 Å². The van der Waals surface area contributed by atoms with Crippen molar-refractivity contribution in [3.8, 4) is 0 Å². The first-order chi connectivity index (χ1) is 23.4. The van der Waals surface area contributed by atoms with Crippen molar-refractivity contribution in [1.82, 2.24) is 0 Å². The Bertz CT molecular complexity index is 1210. The van der Waals surface area contributed by atoms with Crippen LogP contribution in [0.2, 0.25) is 0 Å². The molecule has 2 rings (SSSR count). The fourth-order valence-electron chi connectivity index (χ4n) is 6.77. The molecule has 0 aliphatic rings. The van der Waals surface area contributed by atoms with Gasteiger partial charge in [0.1, 0.15) is 12.2 Å². The Hall–Kier alpha value is -2.86. The first-order valence-electron chi connectivity index (χ1n) is 17.7. The number of hydrogen-bond acceptors (Lipinski definition) is 10. The van der Waals surface area contributed by atoms with Crippen LogP contribution in [0.1, 0.15) is 121 Å². The summed E-state index contributed by atoms with van der Waals surface area (Å²) < 4.78 is 9.91. The van der Waals surface area contributed by atoms with Gasteiger partial charge in [-0.2, -0.15) is 0 Å². The van der Waals surface area contributed by atoms with E-state index >= 15 is 0 Å². The van der Waals surface area contributed by atoms with E-state index in [1.165, 1.54) is 14.2 Å². The number of aliphatic hydroxyl groups is 6. The van der Waals surface area contributed by atoms with E-state index in [1.54, 1.807) is 6.92 Å². The number of methoxy groups -OCH3 is 2. The zero-order valence-corrected chi connectivity index (χ0v) is 31.7. The summed E-state index contributed by atoms with van der Waals surface area (Å²) in [6.45, 7) is 13.0. The molecule has 0 fully saturated rings. The van der Waals surface area contributed by atoms with E-state index in [0.29, 0.717) is 35.8 Å². The van der Waals surface area contributed by atoms with Gasteiger partial charge in [0.2, 0.25) is 0 Å². The molecule has 0 radical (unpaired) electrons. The number of benzene rings is 2. The molecular formula is C40H64O10. The largest absolute Gasteiger partial charge is 0.469 e. The maximum atomic E-state index is 12.7. The molecule has 0 amide bonds. The average Bonchev–Trinajstić information content (AvgIpc) is 3.12. The molecular weight excluding hydrogens is 640 g/mol. The molecule has 0 bridgehead atoms. The summed E-state index contributed by atoms with van der Waals surface area (Å²) >= 11 is 0. The number of rotatable bonds is 19. The molecule has 6 unspecified atom stereocenters. The van der Waals surface area contributed by atoms with E-state index in [9.17, 15) is 35.1 Å². The van der Waals surface area contributed by atoms with E-state index in [2.05, 4.69) is 27.7 Å². The van der Waals surface area contributed by atoms with Crippen LogP contribution in [0.3, 0.4) is 0 Å². The second-order valence-corrected chi connectivity index (χ2v) is 14.8. The normalized spacial score (nSPS) is 17.1. The lowest BCUT2D eigenvalue weighted by atomic mass is 9.61. The van der Waals surface area contributed by atoms with Crippen LogP contribution in [0, 0.1) is 22.7 Å². The van der Waals surface area contributed by atoms with Crippen molar-refractivity contribution in [3.05, 3.63) is 70.8 Å². The Morgan fingerprint density at radius 3 is 1.38 bits per heavy atom. The van der Waals surface area contributed by atoms with Crippen LogP contribution >= 0.6 is 0 Å². The van der Waals surface area contributed by atoms with Gasteiger partial charge in [-0.25, -0.2) is 0 Å². The smallest absolute Gasteiger partial charge is 0.311 e. The summed E-state index contributed by atoms with van der Waals surface area (Å²) in [5, 5.41) is 57.1. The highest BCUT2D eigenvalue weighted by Gasteiger charge is 2.44. The van der Waals surface area contributed by atoms with Gasteiger partial charge in [0.15, 0.2) is 0 Å². The number of carbonyl (C=O) groups excluding carboxylic acids is 2. The molecule has 0 saturated carbocycles. The molecule has 2 aromatic rings. The number of esters is 2. The maximum absolute atomic E-state index is 12.7. The first kappa shape index (κ1) is 45.2. The molecule has 0 aliphatic carbocycles.